The van der Waals surface area contributed by atoms with Crippen LogP contribution < -0.4 is 5.32 Å². The lowest BCUT2D eigenvalue weighted by atomic mass is 10.0. The van der Waals surface area contributed by atoms with E-state index < -0.39 is 0 Å². The van der Waals surface area contributed by atoms with Gasteiger partial charge in [-0.05, 0) is 53.2 Å². The zero-order chi connectivity index (χ0) is 13.1. The maximum absolute atomic E-state index is 6.21. The number of likely N-dealkylation sites (N-methyl/N-ethyl adjacent to an activating group) is 1. The van der Waals surface area contributed by atoms with Crippen LogP contribution in [0.2, 0.25) is 10.0 Å². The van der Waals surface area contributed by atoms with Crippen LogP contribution in [0, 0.1) is 0 Å². The van der Waals surface area contributed by atoms with Crippen LogP contribution in [-0.4, -0.2) is 7.05 Å². The molecular formula is C13H12BrCl2NS. The molecule has 2 aromatic rings. The van der Waals surface area contributed by atoms with Crippen molar-refractivity contribution in [3.8, 4) is 0 Å². The molecule has 0 aliphatic rings. The van der Waals surface area contributed by atoms with Crippen molar-refractivity contribution in [2.45, 2.75) is 12.5 Å². The first kappa shape index (κ1) is 14.4. The third-order valence-corrected chi connectivity index (χ3v) is 5.11. The summed E-state index contributed by atoms with van der Waals surface area (Å²) >= 11 is 17.3. The van der Waals surface area contributed by atoms with Crippen LogP contribution in [-0.2, 0) is 6.42 Å². The van der Waals surface area contributed by atoms with Gasteiger partial charge >= 0.3 is 0 Å². The summed E-state index contributed by atoms with van der Waals surface area (Å²) in [5.74, 6) is 0. The van der Waals surface area contributed by atoms with Crippen molar-refractivity contribution in [2.24, 2.45) is 0 Å². The normalized spacial score (nSPS) is 12.7. The van der Waals surface area contributed by atoms with E-state index in [0.29, 0.717) is 5.02 Å². The number of hydrogen-bond donors (Lipinski definition) is 1. The minimum Gasteiger partial charge on any atom is -0.312 e. The van der Waals surface area contributed by atoms with E-state index in [1.807, 2.05) is 19.2 Å². The molecule has 5 heteroatoms. The minimum atomic E-state index is 0.264. The van der Waals surface area contributed by atoms with Crippen molar-refractivity contribution in [2.75, 3.05) is 7.05 Å². The monoisotopic (exact) mass is 363 g/mol. The van der Waals surface area contributed by atoms with E-state index in [0.717, 1.165) is 21.5 Å². The van der Waals surface area contributed by atoms with Crippen LogP contribution in [0.15, 0.2) is 34.1 Å². The lowest BCUT2D eigenvalue weighted by molar-refractivity contribution is 0.602. The molecule has 1 N–H and O–H groups in total. The van der Waals surface area contributed by atoms with Crippen LogP contribution in [0.3, 0.4) is 0 Å². The van der Waals surface area contributed by atoms with Crippen molar-refractivity contribution < 1.29 is 0 Å². The largest absolute Gasteiger partial charge is 0.312 e. The highest BCUT2D eigenvalue weighted by Gasteiger charge is 2.14. The molecule has 0 saturated carbocycles. The number of nitrogens with one attached hydrogen (secondary N) is 1. The Morgan fingerprint density at radius 3 is 2.67 bits per heavy atom. The van der Waals surface area contributed by atoms with Crippen LogP contribution in [0.25, 0.3) is 0 Å². The highest BCUT2D eigenvalue weighted by Crippen LogP contribution is 2.30. The molecule has 1 unspecified atom stereocenters. The van der Waals surface area contributed by atoms with Gasteiger partial charge in [-0.2, -0.15) is 0 Å². The number of benzene rings is 1. The Morgan fingerprint density at radius 2 is 2.11 bits per heavy atom. The van der Waals surface area contributed by atoms with Gasteiger partial charge in [-0.1, -0.05) is 29.3 Å². The number of halogens is 3. The zero-order valence-corrected chi connectivity index (χ0v) is 13.6. The first-order chi connectivity index (χ1) is 8.60. The molecular weight excluding hydrogens is 353 g/mol. The average molecular weight is 365 g/mol. The van der Waals surface area contributed by atoms with E-state index in [1.165, 1.54) is 4.88 Å². The van der Waals surface area contributed by atoms with E-state index in [-0.39, 0.29) is 6.04 Å². The molecule has 96 valence electrons. The molecule has 0 radical (unpaired) electrons. The molecule has 1 heterocycles. The Hall–Kier alpha value is -0.0600. The first-order valence-electron chi connectivity index (χ1n) is 5.45. The fourth-order valence-corrected chi connectivity index (χ4v) is 3.80. The Bertz CT molecular complexity index is 542. The predicted octanol–water partition coefficient (Wildman–Crippen LogP) is 5.32. The lowest BCUT2D eigenvalue weighted by Crippen LogP contribution is -2.17. The minimum absolute atomic E-state index is 0.264. The SMILES string of the molecule is CNC(Cc1ccc(Cl)cc1Cl)c1cc(Br)cs1. The molecule has 1 atom stereocenters. The molecule has 18 heavy (non-hydrogen) atoms. The average Bonchev–Trinajstić information content (AvgIpc) is 2.75. The van der Waals surface area contributed by atoms with Gasteiger partial charge in [-0.25, -0.2) is 0 Å². The molecule has 0 amide bonds. The predicted molar refractivity (Wildman–Crippen MR) is 84.0 cm³/mol. The summed E-state index contributed by atoms with van der Waals surface area (Å²) in [6.07, 6.45) is 0.847. The highest BCUT2D eigenvalue weighted by molar-refractivity contribution is 9.10. The van der Waals surface area contributed by atoms with Gasteiger partial charge in [0.15, 0.2) is 0 Å². The van der Waals surface area contributed by atoms with Gasteiger partial charge in [-0.3, -0.25) is 0 Å². The number of hydrogen-bond acceptors (Lipinski definition) is 2. The Labute approximate surface area is 129 Å². The van der Waals surface area contributed by atoms with Crippen molar-refractivity contribution >= 4 is 50.5 Å². The summed E-state index contributed by atoms with van der Waals surface area (Å²) in [5.41, 5.74) is 1.10. The summed E-state index contributed by atoms with van der Waals surface area (Å²) in [7, 11) is 1.96. The molecule has 2 rings (SSSR count). The van der Waals surface area contributed by atoms with Gasteiger partial charge in [0, 0.05) is 30.8 Å². The van der Waals surface area contributed by atoms with E-state index in [9.17, 15) is 0 Å². The molecule has 0 fully saturated rings. The van der Waals surface area contributed by atoms with Crippen molar-refractivity contribution in [3.05, 3.63) is 54.6 Å². The third kappa shape index (κ3) is 3.49. The van der Waals surface area contributed by atoms with Gasteiger partial charge in [0.1, 0.15) is 0 Å². The molecule has 1 aromatic carbocycles. The quantitative estimate of drug-likeness (QED) is 0.773. The highest BCUT2D eigenvalue weighted by atomic mass is 79.9. The van der Waals surface area contributed by atoms with Gasteiger partial charge in [0.05, 0.1) is 0 Å². The summed E-state index contributed by atoms with van der Waals surface area (Å²) in [4.78, 5) is 1.29. The molecule has 0 bridgehead atoms. The lowest BCUT2D eigenvalue weighted by Gasteiger charge is -2.15. The second-order valence-corrected chi connectivity index (χ2v) is 6.65. The Kier molecular flexibility index (Phi) is 5.10. The molecule has 0 saturated heterocycles. The van der Waals surface area contributed by atoms with E-state index in [4.69, 9.17) is 23.2 Å². The third-order valence-electron chi connectivity index (χ3n) is 2.72. The Morgan fingerprint density at radius 1 is 1.33 bits per heavy atom. The summed E-state index contributed by atoms with van der Waals surface area (Å²) in [5, 5.41) is 6.80. The first-order valence-corrected chi connectivity index (χ1v) is 7.88. The second-order valence-electron chi connectivity index (χ2n) is 3.95. The van der Waals surface area contributed by atoms with Gasteiger partial charge < -0.3 is 5.32 Å². The van der Waals surface area contributed by atoms with Crippen LogP contribution >= 0.6 is 50.5 Å². The van der Waals surface area contributed by atoms with Crippen LogP contribution in [0.5, 0.6) is 0 Å². The number of thiophene rings is 1. The Balaban J connectivity index is 2.20. The molecule has 1 nitrogen and oxygen atoms in total. The molecule has 0 aliphatic heterocycles. The van der Waals surface area contributed by atoms with Crippen molar-refractivity contribution in [1.29, 1.82) is 0 Å². The molecule has 1 aromatic heterocycles. The van der Waals surface area contributed by atoms with Crippen LogP contribution in [0.4, 0.5) is 0 Å². The standard InChI is InChI=1S/C13H12BrCl2NS/c1-17-12(13-5-9(14)7-18-13)4-8-2-3-10(15)6-11(8)16/h2-3,5-7,12,17H,4H2,1H3. The summed E-state index contributed by atoms with van der Waals surface area (Å²) in [6, 6.07) is 8.04. The summed E-state index contributed by atoms with van der Waals surface area (Å²) < 4.78 is 1.12. The maximum Gasteiger partial charge on any atom is 0.0454 e. The fourth-order valence-electron chi connectivity index (χ4n) is 1.76. The molecule has 0 aliphatic carbocycles. The number of rotatable bonds is 4. The topological polar surface area (TPSA) is 12.0 Å². The second kappa shape index (κ2) is 6.40. The van der Waals surface area contributed by atoms with Crippen molar-refractivity contribution in [3.63, 3.8) is 0 Å². The maximum atomic E-state index is 6.21. The van der Waals surface area contributed by atoms with E-state index >= 15 is 0 Å². The fraction of sp³-hybridized carbons (Fsp3) is 0.231. The van der Waals surface area contributed by atoms with E-state index in [2.05, 4.69) is 32.7 Å². The zero-order valence-electron chi connectivity index (χ0n) is 9.71. The van der Waals surface area contributed by atoms with Gasteiger partial charge in [0.25, 0.3) is 0 Å². The van der Waals surface area contributed by atoms with Crippen molar-refractivity contribution in [1.82, 2.24) is 5.32 Å². The van der Waals surface area contributed by atoms with Gasteiger partial charge in [-0.15, -0.1) is 11.3 Å². The van der Waals surface area contributed by atoms with E-state index in [1.54, 1.807) is 17.4 Å². The smallest absolute Gasteiger partial charge is 0.0454 e. The summed E-state index contributed by atoms with van der Waals surface area (Å²) in [6.45, 7) is 0. The molecule has 0 spiro atoms. The van der Waals surface area contributed by atoms with Gasteiger partial charge in [0.2, 0.25) is 0 Å². The van der Waals surface area contributed by atoms with Crippen LogP contribution in [0.1, 0.15) is 16.5 Å².